The lowest BCUT2D eigenvalue weighted by Gasteiger charge is -2.07. The Balaban J connectivity index is 2.15. The Morgan fingerprint density at radius 3 is 2.95 bits per heavy atom. The quantitative estimate of drug-likeness (QED) is 0.837. The van der Waals surface area contributed by atoms with Crippen LogP contribution in [0.1, 0.15) is 20.1 Å². The fourth-order valence-corrected chi connectivity index (χ4v) is 2.53. The summed E-state index contributed by atoms with van der Waals surface area (Å²) in [6, 6.07) is 8.95. The lowest BCUT2D eigenvalue weighted by atomic mass is 10.2. The van der Waals surface area contributed by atoms with Crippen LogP contribution >= 0.6 is 22.9 Å². The molecule has 0 unspecified atom stereocenters. The minimum atomic E-state index is -0.166. The highest BCUT2D eigenvalue weighted by atomic mass is 35.5. The molecule has 2 aromatic rings. The van der Waals surface area contributed by atoms with Crippen molar-refractivity contribution in [3.8, 4) is 11.8 Å². The number of aryl methyl sites for hydroxylation is 1. The molecule has 0 saturated carbocycles. The summed E-state index contributed by atoms with van der Waals surface area (Å²) in [6.45, 7) is 2.22. The van der Waals surface area contributed by atoms with Gasteiger partial charge in [0.25, 0.3) is 5.91 Å². The molecule has 20 heavy (non-hydrogen) atoms. The van der Waals surface area contributed by atoms with Gasteiger partial charge >= 0.3 is 0 Å². The minimum Gasteiger partial charge on any atom is -0.321 e. The Labute approximate surface area is 126 Å². The topological polar surface area (TPSA) is 55.1 Å². The van der Waals surface area contributed by atoms with Crippen LogP contribution in [0.15, 0.2) is 30.3 Å². The molecule has 3 N–H and O–H groups in total. The first kappa shape index (κ1) is 14.6. The van der Waals surface area contributed by atoms with Gasteiger partial charge in [0.1, 0.15) is 0 Å². The zero-order valence-corrected chi connectivity index (χ0v) is 12.4. The largest absolute Gasteiger partial charge is 0.321 e. The Morgan fingerprint density at radius 2 is 2.20 bits per heavy atom. The molecule has 0 aliphatic heterocycles. The van der Waals surface area contributed by atoms with Gasteiger partial charge in [-0.15, -0.1) is 11.3 Å². The lowest BCUT2D eigenvalue weighted by Crippen LogP contribution is -2.11. The summed E-state index contributed by atoms with van der Waals surface area (Å²) < 4.78 is 0. The highest BCUT2D eigenvalue weighted by Gasteiger charge is 2.10. The number of amides is 1. The van der Waals surface area contributed by atoms with E-state index in [1.54, 1.807) is 18.2 Å². The number of anilines is 1. The Morgan fingerprint density at radius 1 is 1.40 bits per heavy atom. The molecule has 0 fully saturated rings. The number of thiophene rings is 1. The smallest absolute Gasteiger partial charge is 0.265 e. The first-order valence-electron chi connectivity index (χ1n) is 5.96. The van der Waals surface area contributed by atoms with Crippen LogP contribution in [0, 0.1) is 18.8 Å². The molecule has 0 radical (unpaired) electrons. The van der Waals surface area contributed by atoms with E-state index in [-0.39, 0.29) is 5.91 Å². The van der Waals surface area contributed by atoms with Crippen molar-refractivity contribution >= 4 is 34.5 Å². The van der Waals surface area contributed by atoms with Gasteiger partial charge in [-0.05, 0) is 36.8 Å². The molecule has 0 spiro atoms. The molecule has 0 aliphatic carbocycles. The number of hydrogen-bond donors (Lipinski definition) is 2. The number of halogens is 1. The second-order valence-electron chi connectivity index (χ2n) is 4.08. The van der Waals surface area contributed by atoms with Crippen molar-refractivity contribution in [1.29, 1.82) is 0 Å². The summed E-state index contributed by atoms with van der Waals surface area (Å²) in [6.07, 6.45) is 0. The average Bonchev–Trinajstić information content (AvgIpc) is 2.89. The molecule has 3 nitrogen and oxygen atoms in total. The number of nitrogens with two attached hydrogens (primary N) is 1. The zero-order chi connectivity index (χ0) is 14.5. The van der Waals surface area contributed by atoms with Crippen LogP contribution in [-0.2, 0) is 0 Å². The van der Waals surface area contributed by atoms with Crippen LogP contribution in [0.3, 0.4) is 0 Å². The molecule has 5 heteroatoms. The summed E-state index contributed by atoms with van der Waals surface area (Å²) in [5.74, 6) is 5.50. The third-order valence-electron chi connectivity index (χ3n) is 2.59. The summed E-state index contributed by atoms with van der Waals surface area (Å²) in [5.41, 5.74) is 6.99. The number of rotatable bonds is 2. The molecule has 1 heterocycles. The molecule has 0 bridgehead atoms. The van der Waals surface area contributed by atoms with E-state index in [4.69, 9.17) is 17.3 Å². The molecule has 2 rings (SSSR count). The number of hydrogen-bond acceptors (Lipinski definition) is 3. The van der Waals surface area contributed by atoms with Gasteiger partial charge in [-0.3, -0.25) is 4.79 Å². The van der Waals surface area contributed by atoms with Crippen molar-refractivity contribution in [2.24, 2.45) is 5.73 Å². The van der Waals surface area contributed by atoms with E-state index in [2.05, 4.69) is 17.2 Å². The summed E-state index contributed by atoms with van der Waals surface area (Å²) >= 11 is 7.26. The van der Waals surface area contributed by atoms with E-state index in [0.717, 1.165) is 10.4 Å². The van der Waals surface area contributed by atoms with Crippen LogP contribution in [0.25, 0.3) is 0 Å². The molecule has 102 valence electrons. The van der Waals surface area contributed by atoms with Gasteiger partial charge in [-0.1, -0.05) is 29.5 Å². The van der Waals surface area contributed by atoms with Crippen molar-refractivity contribution < 1.29 is 4.79 Å². The second-order valence-corrected chi connectivity index (χ2v) is 5.60. The van der Waals surface area contributed by atoms with Crippen molar-refractivity contribution in [1.82, 2.24) is 0 Å². The van der Waals surface area contributed by atoms with Gasteiger partial charge in [0, 0.05) is 10.7 Å². The standard InChI is InChI=1S/C15H13ClN2OS/c1-10-4-5-11(16)9-13(10)18-15(19)14-7-6-12(20-14)3-2-8-17/h4-7,9H,8,17H2,1H3,(H,18,19). The number of carbonyl (C=O) groups is 1. The maximum Gasteiger partial charge on any atom is 0.265 e. The van der Waals surface area contributed by atoms with Crippen molar-refractivity contribution in [3.63, 3.8) is 0 Å². The van der Waals surface area contributed by atoms with E-state index in [9.17, 15) is 4.79 Å². The summed E-state index contributed by atoms with van der Waals surface area (Å²) in [5, 5.41) is 3.44. The molecule has 0 saturated heterocycles. The number of carbonyl (C=O) groups excluding carboxylic acids is 1. The Kier molecular flexibility index (Phi) is 4.80. The summed E-state index contributed by atoms with van der Waals surface area (Å²) in [7, 11) is 0. The molecular formula is C15H13ClN2OS. The van der Waals surface area contributed by atoms with Crippen LogP contribution < -0.4 is 11.1 Å². The van der Waals surface area contributed by atoms with Crippen LogP contribution in [-0.4, -0.2) is 12.5 Å². The van der Waals surface area contributed by atoms with E-state index in [1.807, 2.05) is 19.1 Å². The van der Waals surface area contributed by atoms with Crippen LogP contribution in [0.2, 0.25) is 5.02 Å². The lowest BCUT2D eigenvalue weighted by molar-refractivity contribution is 0.103. The van der Waals surface area contributed by atoms with Crippen molar-refractivity contribution in [3.05, 3.63) is 50.7 Å². The predicted molar refractivity (Wildman–Crippen MR) is 84.4 cm³/mol. The average molecular weight is 305 g/mol. The molecule has 1 amide bonds. The van der Waals surface area contributed by atoms with Gasteiger partial charge < -0.3 is 11.1 Å². The zero-order valence-electron chi connectivity index (χ0n) is 10.9. The van der Waals surface area contributed by atoms with Gasteiger partial charge in [-0.2, -0.15) is 0 Å². The summed E-state index contributed by atoms with van der Waals surface area (Å²) in [4.78, 5) is 13.6. The van der Waals surface area contributed by atoms with E-state index >= 15 is 0 Å². The SMILES string of the molecule is Cc1ccc(Cl)cc1NC(=O)c1ccc(C#CCN)s1. The van der Waals surface area contributed by atoms with Gasteiger partial charge in [0.05, 0.1) is 16.3 Å². The predicted octanol–water partition coefficient (Wildman–Crippen LogP) is 3.27. The molecule has 1 aromatic heterocycles. The molecule has 1 aromatic carbocycles. The minimum absolute atomic E-state index is 0.166. The van der Waals surface area contributed by atoms with Gasteiger partial charge in [-0.25, -0.2) is 0 Å². The molecule has 0 aliphatic rings. The van der Waals surface area contributed by atoms with E-state index in [1.165, 1.54) is 11.3 Å². The first-order chi connectivity index (χ1) is 9.60. The fraction of sp³-hybridized carbons (Fsp3) is 0.133. The Hall–Kier alpha value is -1.80. The highest BCUT2D eigenvalue weighted by molar-refractivity contribution is 7.14. The maximum atomic E-state index is 12.1. The van der Waals surface area contributed by atoms with Crippen molar-refractivity contribution in [2.75, 3.05) is 11.9 Å². The highest BCUT2D eigenvalue weighted by Crippen LogP contribution is 2.22. The number of benzene rings is 1. The monoisotopic (exact) mass is 304 g/mol. The molecule has 0 atom stereocenters. The van der Waals surface area contributed by atoms with E-state index in [0.29, 0.717) is 22.1 Å². The maximum absolute atomic E-state index is 12.1. The third-order valence-corrected chi connectivity index (χ3v) is 3.83. The van der Waals surface area contributed by atoms with E-state index < -0.39 is 0 Å². The fourth-order valence-electron chi connectivity index (χ4n) is 1.58. The number of nitrogens with one attached hydrogen (secondary N) is 1. The second kappa shape index (κ2) is 6.58. The first-order valence-corrected chi connectivity index (χ1v) is 7.16. The molecular weight excluding hydrogens is 292 g/mol. The third kappa shape index (κ3) is 3.61. The van der Waals surface area contributed by atoms with Crippen molar-refractivity contribution in [2.45, 2.75) is 6.92 Å². The van der Waals surface area contributed by atoms with Crippen LogP contribution in [0.5, 0.6) is 0 Å². The Bertz CT molecular complexity index is 697. The van der Waals surface area contributed by atoms with Gasteiger partial charge in [0.15, 0.2) is 0 Å². The normalized spacial score (nSPS) is 9.75. The van der Waals surface area contributed by atoms with Gasteiger partial charge in [0.2, 0.25) is 0 Å². The van der Waals surface area contributed by atoms with Crippen LogP contribution in [0.4, 0.5) is 5.69 Å².